The van der Waals surface area contributed by atoms with Crippen LogP contribution in [0, 0.1) is 5.92 Å². The first-order valence-corrected chi connectivity index (χ1v) is 9.56. The van der Waals surface area contributed by atoms with E-state index in [1.165, 1.54) is 6.92 Å². The molecule has 28 heavy (non-hydrogen) atoms. The Bertz CT molecular complexity index is 742. The number of hydrogen-bond donors (Lipinski definition) is 0. The van der Waals surface area contributed by atoms with Crippen molar-refractivity contribution in [3.63, 3.8) is 0 Å². The van der Waals surface area contributed by atoms with Crippen molar-refractivity contribution in [2.24, 2.45) is 5.92 Å². The molecule has 0 amide bonds. The van der Waals surface area contributed by atoms with Crippen molar-refractivity contribution in [1.82, 2.24) is 0 Å². The van der Waals surface area contributed by atoms with Crippen LogP contribution >= 0.6 is 0 Å². The van der Waals surface area contributed by atoms with Gasteiger partial charge in [0.2, 0.25) is 5.78 Å². The van der Waals surface area contributed by atoms with Gasteiger partial charge < -0.3 is 14.2 Å². The standard InChI is InChI=1S/C22H30O6/c1-8-13(4)21(25)27-19-16(11-18-22(7,28-18)20(19)24)14(5)17(26-15(6)23)10-9-12(2)3/h8-9,16-19H,5,10-11H2,1-4,6-7H3/t16-,17+,18-,19-,22-/m1/s1. The van der Waals surface area contributed by atoms with Gasteiger partial charge in [-0.25, -0.2) is 4.79 Å². The number of allylic oxidation sites excluding steroid dienone is 2. The fourth-order valence-corrected chi connectivity index (χ4v) is 3.44. The number of fused-ring (bicyclic) bond motifs is 1. The molecule has 0 bridgehead atoms. The van der Waals surface area contributed by atoms with E-state index in [1.807, 2.05) is 19.9 Å². The van der Waals surface area contributed by atoms with Crippen LogP contribution in [0.2, 0.25) is 0 Å². The molecule has 2 rings (SSSR count). The van der Waals surface area contributed by atoms with E-state index in [4.69, 9.17) is 14.2 Å². The Kier molecular flexibility index (Phi) is 6.65. The number of ether oxygens (including phenoxy) is 3. The fourth-order valence-electron chi connectivity index (χ4n) is 3.44. The highest BCUT2D eigenvalue weighted by Gasteiger charge is 2.66. The van der Waals surface area contributed by atoms with Crippen LogP contribution in [0.25, 0.3) is 0 Å². The first-order valence-electron chi connectivity index (χ1n) is 9.56. The molecular weight excluding hydrogens is 360 g/mol. The molecule has 0 aromatic rings. The summed E-state index contributed by atoms with van der Waals surface area (Å²) in [5.74, 6) is -1.72. The first-order chi connectivity index (χ1) is 13.0. The number of esters is 2. The molecule has 6 nitrogen and oxygen atoms in total. The van der Waals surface area contributed by atoms with Crippen LogP contribution in [0.5, 0.6) is 0 Å². The molecule has 1 saturated heterocycles. The Morgan fingerprint density at radius 1 is 1.32 bits per heavy atom. The van der Waals surface area contributed by atoms with Gasteiger partial charge in [0.1, 0.15) is 6.10 Å². The minimum absolute atomic E-state index is 0.235. The topological polar surface area (TPSA) is 82.2 Å². The van der Waals surface area contributed by atoms with E-state index in [9.17, 15) is 14.4 Å². The summed E-state index contributed by atoms with van der Waals surface area (Å²) < 4.78 is 16.6. The van der Waals surface area contributed by atoms with Gasteiger partial charge in [-0.1, -0.05) is 24.3 Å². The molecule has 1 heterocycles. The van der Waals surface area contributed by atoms with Crippen LogP contribution in [0.1, 0.15) is 54.4 Å². The zero-order valence-corrected chi connectivity index (χ0v) is 17.5. The maximum atomic E-state index is 13.0. The molecule has 0 aromatic heterocycles. The molecule has 0 N–H and O–H groups in total. The van der Waals surface area contributed by atoms with Gasteiger partial charge in [0, 0.05) is 24.8 Å². The second-order valence-electron chi connectivity index (χ2n) is 7.91. The highest BCUT2D eigenvalue weighted by atomic mass is 16.6. The molecule has 2 fully saturated rings. The normalized spacial score (nSPS) is 30.0. The van der Waals surface area contributed by atoms with E-state index in [0.29, 0.717) is 24.0 Å². The van der Waals surface area contributed by atoms with E-state index in [2.05, 4.69) is 6.58 Å². The van der Waals surface area contributed by atoms with Gasteiger partial charge in [0.15, 0.2) is 11.7 Å². The number of rotatable bonds is 7. The van der Waals surface area contributed by atoms with Crippen molar-refractivity contribution in [2.75, 3.05) is 0 Å². The lowest BCUT2D eigenvalue weighted by atomic mass is 9.74. The summed E-state index contributed by atoms with van der Waals surface area (Å²) in [5, 5.41) is 0. The molecule has 6 heteroatoms. The third kappa shape index (κ3) is 4.61. The van der Waals surface area contributed by atoms with Crippen molar-refractivity contribution in [3.05, 3.63) is 35.5 Å². The largest absolute Gasteiger partial charge is 0.458 e. The van der Waals surface area contributed by atoms with Crippen LogP contribution in [-0.4, -0.2) is 41.6 Å². The highest BCUT2D eigenvalue weighted by Crippen LogP contribution is 2.50. The summed E-state index contributed by atoms with van der Waals surface area (Å²) in [6, 6.07) is 0. The smallest absolute Gasteiger partial charge is 0.334 e. The Hall–Kier alpha value is -2.21. The zero-order chi connectivity index (χ0) is 21.2. The van der Waals surface area contributed by atoms with Gasteiger partial charge in [0.25, 0.3) is 0 Å². The number of hydrogen-bond acceptors (Lipinski definition) is 6. The second-order valence-corrected chi connectivity index (χ2v) is 7.91. The summed E-state index contributed by atoms with van der Waals surface area (Å²) in [4.78, 5) is 36.9. The van der Waals surface area contributed by atoms with Gasteiger partial charge in [-0.3, -0.25) is 9.59 Å². The fraction of sp³-hybridized carbons (Fsp3) is 0.591. The average molecular weight is 390 g/mol. The Balaban J connectivity index is 2.30. The second kappa shape index (κ2) is 8.43. The van der Waals surface area contributed by atoms with Crippen molar-refractivity contribution in [1.29, 1.82) is 0 Å². The quantitative estimate of drug-likeness (QED) is 0.287. The lowest BCUT2D eigenvalue weighted by Gasteiger charge is -2.34. The summed E-state index contributed by atoms with van der Waals surface area (Å²) in [6.45, 7) is 14.4. The Morgan fingerprint density at radius 3 is 2.50 bits per heavy atom. The van der Waals surface area contributed by atoms with Crippen LogP contribution in [0.15, 0.2) is 35.5 Å². The molecular formula is C22H30O6. The number of Topliss-reactive ketones (excluding diaryl/α,β-unsaturated/α-hetero) is 1. The maximum Gasteiger partial charge on any atom is 0.334 e. The summed E-state index contributed by atoms with van der Waals surface area (Å²) in [5.41, 5.74) is 1.15. The zero-order valence-electron chi connectivity index (χ0n) is 17.5. The van der Waals surface area contributed by atoms with Crippen molar-refractivity contribution in [3.8, 4) is 0 Å². The monoisotopic (exact) mass is 390 g/mol. The van der Waals surface area contributed by atoms with E-state index < -0.39 is 35.7 Å². The summed E-state index contributed by atoms with van der Waals surface area (Å²) in [6.07, 6.45) is 2.67. The van der Waals surface area contributed by atoms with Crippen LogP contribution in [-0.2, 0) is 28.6 Å². The molecule has 0 aromatic carbocycles. The van der Waals surface area contributed by atoms with Gasteiger partial charge in [0.05, 0.1) is 6.10 Å². The van der Waals surface area contributed by atoms with Crippen molar-refractivity contribution >= 4 is 17.7 Å². The minimum atomic E-state index is -1.01. The van der Waals surface area contributed by atoms with Crippen LogP contribution in [0.4, 0.5) is 0 Å². The average Bonchev–Trinajstić information content (AvgIpc) is 3.30. The van der Waals surface area contributed by atoms with E-state index >= 15 is 0 Å². The molecule has 0 unspecified atom stereocenters. The molecule has 0 radical (unpaired) electrons. The summed E-state index contributed by atoms with van der Waals surface area (Å²) in [7, 11) is 0. The van der Waals surface area contributed by atoms with Crippen molar-refractivity contribution < 1.29 is 28.6 Å². The molecule has 5 atom stereocenters. The predicted octanol–water partition coefficient (Wildman–Crippen LogP) is 3.46. The summed E-state index contributed by atoms with van der Waals surface area (Å²) >= 11 is 0. The van der Waals surface area contributed by atoms with E-state index in [-0.39, 0.29) is 11.9 Å². The minimum Gasteiger partial charge on any atom is -0.458 e. The van der Waals surface area contributed by atoms with Gasteiger partial charge in [-0.05, 0) is 46.6 Å². The van der Waals surface area contributed by atoms with Crippen molar-refractivity contribution in [2.45, 2.75) is 78.3 Å². The molecule has 2 aliphatic rings. The van der Waals surface area contributed by atoms with Gasteiger partial charge in [-0.2, -0.15) is 0 Å². The third-order valence-corrected chi connectivity index (χ3v) is 5.45. The highest BCUT2D eigenvalue weighted by molar-refractivity contribution is 5.98. The van der Waals surface area contributed by atoms with Gasteiger partial charge >= 0.3 is 11.9 Å². The SMILES string of the molecule is C=C([C@H](CC=C(C)C)OC(C)=O)[C@H]1C[C@H]2O[C@@]2(C)C(=O)[C@@H]1OC(=O)C(C)=CC. The molecule has 1 aliphatic carbocycles. The molecule has 154 valence electrons. The van der Waals surface area contributed by atoms with E-state index in [0.717, 1.165) is 5.57 Å². The molecule has 0 spiro atoms. The third-order valence-electron chi connectivity index (χ3n) is 5.45. The number of carbonyl (C=O) groups excluding carboxylic acids is 3. The lowest BCUT2D eigenvalue weighted by molar-refractivity contribution is -0.157. The number of carbonyl (C=O) groups is 3. The van der Waals surface area contributed by atoms with Crippen LogP contribution < -0.4 is 0 Å². The van der Waals surface area contributed by atoms with Gasteiger partial charge in [-0.15, -0.1) is 0 Å². The predicted molar refractivity (Wildman–Crippen MR) is 104 cm³/mol. The number of epoxide rings is 1. The van der Waals surface area contributed by atoms with Crippen LogP contribution in [0.3, 0.4) is 0 Å². The maximum absolute atomic E-state index is 13.0. The Morgan fingerprint density at radius 2 is 1.96 bits per heavy atom. The Labute approximate surface area is 166 Å². The number of ketones is 1. The lowest BCUT2D eigenvalue weighted by Crippen LogP contribution is -2.49. The molecule has 1 aliphatic heterocycles. The molecule has 1 saturated carbocycles. The van der Waals surface area contributed by atoms with E-state index in [1.54, 1.807) is 26.8 Å². The first kappa shape index (κ1) is 22.1.